The molecule has 21 heavy (non-hydrogen) atoms. The summed E-state index contributed by atoms with van der Waals surface area (Å²) in [5.41, 5.74) is 4.25. The molecule has 2 aromatic rings. The van der Waals surface area contributed by atoms with E-state index in [1.54, 1.807) is 0 Å². The van der Waals surface area contributed by atoms with Gasteiger partial charge < -0.3 is 15.4 Å². The van der Waals surface area contributed by atoms with Crippen molar-refractivity contribution in [1.29, 1.82) is 0 Å². The summed E-state index contributed by atoms with van der Waals surface area (Å²) in [6.45, 7) is 0.728. The zero-order valence-electron chi connectivity index (χ0n) is 11.6. The highest BCUT2D eigenvalue weighted by Crippen LogP contribution is 2.29. The number of para-hydroxylation sites is 1. The molecular weight excluding hydrogens is 264 g/mol. The van der Waals surface area contributed by atoms with Crippen molar-refractivity contribution >= 4 is 17.3 Å². The molecule has 4 heteroatoms. The lowest BCUT2D eigenvalue weighted by Gasteiger charge is -2.12. The summed E-state index contributed by atoms with van der Waals surface area (Å²) < 4.78 is 5.48. The molecule has 2 heterocycles. The van der Waals surface area contributed by atoms with Crippen molar-refractivity contribution in [1.82, 2.24) is 0 Å². The average molecular weight is 280 g/mol. The molecule has 0 spiro atoms. The molecule has 0 saturated carbocycles. The molecule has 106 valence electrons. The zero-order valence-corrected chi connectivity index (χ0v) is 11.6. The van der Waals surface area contributed by atoms with E-state index in [1.165, 1.54) is 5.56 Å². The second-order valence-electron chi connectivity index (χ2n) is 5.47. The molecule has 0 saturated heterocycles. The maximum atomic E-state index is 12.4. The van der Waals surface area contributed by atoms with E-state index in [1.807, 2.05) is 36.4 Å². The van der Waals surface area contributed by atoms with Gasteiger partial charge in [-0.2, -0.15) is 0 Å². The standard InChI is InChI=1S/C17H16N2O2/c20-17(15-10-11-3-1-2-4-14(11)19-15)18-13-5-6-16-12(9-13)7-8-21-16/h1-6,9,15,19H,7-8,10H2,(H,18,20). The molecule has 0 radical (unpaired) electrons. The van der Waals surface area contributed by atoms with Crippen molar-refractivity contribution in [3.63, 3.8) is 0 Å². The normalized spacial score (nSPS) is 18.4. The number of anilines is 2. The molecule has 0 aromatic heterocycles. The maximum Gasteiger partial charge on any atom is 0.247 e. The Balaban J connectivity index is 1.47. The number of ether oxygens (including phenoxy) is 1. The highest BCUT2D eigenvalue weighted by molar-refractivity contribution is 5.98. The molecule has 1 unspecified atom stereocenters. The number of nitrogens with one attached hydrogen (secondary N) is 2. The first-order chi connectivity index (χ1) is 10.3. The van der Waals surface area contributed by atoms with Gasteiger partial charge in [0.05, 0.1) is 6.61 Å². The number of carbonyl (C=O) groups is 1. The smallest absolute Gasteiger partial charge is 0.247 e. The third kappa shape index (κ3) is 2.23. The van der Waals surface area contributed by atoms with Gasteiger partial charge in [-0.15, -0.1) is 0 Å². The Morgan fingerprint density at radius 2 is 2.10 bits per heavy atom. The van der Waals surface area contributed by atoms with Crippen molar-refractivity contribution in [3.8, 4) is 5.75 Å². The van der Waals surface area contributed by atoms with E-state index in [0.717, 1.165) is 42.1 Å². The Morgan fingerprint density at radius 1 is 1.19 bits per heavy atom. The predicted molar refractivity (Wildman–Crippen MR) is 81.8 cm³/mol. The van der Waals surface area contributed by atoms with E-state index >= 15 is 0 Å². The van der Waals surface area contributed by atoms with Gasteiger partial charge in [0, 0.05) is 24.2 Å². The summed E-state index contributed by atoms with van der Waals surface area (Å²) >= 11 is 0. The molecule has 2 N–H and O–H groups in total. The molecule has 0 aliphatic carbocycles. The second-order valence-corrected chi connectivity index (χ2v) is 5.47. The lowest BCUT2D eigenvalue weighted by molar-refractivity contribution is -0.116. The molecule has 1 atom stereocenters. The fraction of sp³-hybridized carbons (Fsp3) is 0.235. The van der Waals surface area contributed by atoms with Crippen LogP contribution in [0.3, 0.4) is 0 Å². The van der Waals surface area contributed by atoms with E-state index < -0.39 is 0 Å². The zero-order chi connectivity index (χ0) is 14.2. The Bertz CT molecular complexity index is 687. The topological polar surface area (TPSA) is 50.4 Å². The van der Waals surface area contributed by atoms with Gasteiger partial charge in [0.2, 0.25) is 5.91 Å². The molecule has 0 bridgehead atoms. The third-order valence-corrected chi connectivity index (χ3v) is 4.04. The van der Waals surface area contributed by atoms with Crippen molar-refractivity contribution in [2.75, 3.05) is 17.2 Å². The van der Waals surface area contributed by atoms with Gasteiger partial charge in [-0.1, -0.05) is 18.2 Å². The van der Waals surface area contributed by atoms with Crippen LogP contribution in [0, 0.1) is 0 Å². The Morgan fingerprint density at radius 3 is 3.00 bits per heavy atom. The van der Waals surface area contributed by atoms with Crippen LogP contribution in [0.1, 0.15) is 11.1 Å². The van der Waals surface area contributed by atoms with Gasteiger partial charge in [-0.05, 0) is 35.4 Å². The predicted octanol–water partition coefficient (Wildman–Crippen LogP) is 2.60. The van der Waals surface area contributed by atoms with E-state index in [9.17, 15) is 4.79 Å². The Labute approximate surface area is 123 Å². The van der Waals surface area contributed by atoms with Crippen LogP contribution in [-0.4, -0.2) is 18.6 Å². The summed E-state index contributed by atoms with van der Waals surface area (Å²) in [5, 5.41) is 6.26. The van der Waals surface area contributed by atoms with Gasteiger partial charge in [-0.25, -0.2) is 0 Å². The van der Waals surface area contributed by atoms with Crippen LogP contribution in [0.15, 0.2) is 42.5 Å². The Hall–Kier alpha value is -2.49. The van der Waals surface area contributed by atoms with Crippen LogP contribution in [0.4, 0.5) is 11.4 Å². The molecule has 4 nitrogen and oxygen atoms in total. The lowest BCUT2D eigenvalue weighted by atomic mass is 10.1. The highest BCUT2D eigenvalue weighted by atomic mass is 16.5. The monoisotopic (exact) mass is 280 g/mol. The summed E-state index contributed by atoms with van der Waals surface area (Å²) in [5.74, 6) is 0.935. The number of amides is 1. The number of hydrogen-bond donors (Lipinski definition) is 2. The fourth-order valence-corrected chi connectivity index (χ4v) is 2.95. The molecule has 2 aliphatic heterocycles. The van der Waals surface area contributed by atoms with Gasteiger partial charge in [0.25, 0.3) is 0 Å². The number of rotatable bonds is 2. The van der Waals surface area contributed by atoms with Crippen LogP contribution in [0.5, 0.6) is 5.75 Å². The molecule has 1 amide bonds. The van der Waals surface area contributed by atoms with Crippen LogP contribution >= 0.6 is 0 Å². The van der Waals surface area contributed by atoms with Gasteiger partial charge in [-0.3, -0.25) is 4.79 Å². The molecular formula is C17H16N2O2. The molecule has 2 aliphatic rings. The van der Waals surface area contributed by atoms with Crippen molar-refractivity contribution in [2.24, 2.45) is 0 Å². The lowest BCUT2D eigenvalue weighted by Crippen LogP contribution is -2.32. The average Bonchev–Trinajstić information content (AvgIpc) is 3.13. The first-order valence-corrected chi connectivity index (χ1v) is 7.21. The van der Waals surface area contributed by atoms with Crippen LogP contribution in [0.2, 0.25) is 0 Å². The maximum absolute atomic E-state index is 12.4. The highest BCUT2D eigenvalue weighted by Gasteiger charge is 2.26. The SMILES string of the molecule is O=C(Nc1ccc2c(c1)CCO2)C1Cc2ccccc2N1. The van der Waals surface area contributed by atoms with Gasteiger partial charge in [0.15, 0.2) is 0 Å². The van der Waals surface area contributed by atoms with Crippen molar-refractivity contribution in [3.05, 3.63) is 53.6 Å². The second kappa shape index (κ2) is 4.81. The van der Waals surface area contributed by atoms with Crippen LogP contribution in [-0.2, 0) is 17.6 Å². The van der Waals surface area contributed by atoms with E-state index in [4.69, 9.17) is 4.74 Å². The first kappa shape index (κ1) is 12.3. The van der Waals surface area contributed by atoms with Gasteiger partial charge in [0.1, 0.15) is 11.8 Å². The minimum Gasteiger partial charge on any atom is -0.493 e. The number of benzene rings is 2. The minimum atomic E-state index is -0.202. The van der Waals surface area contributed by atoms with Crippen LogP contribution in [0.25, 0.3) is 0 Å². The number of fused-ring (bicyclic) bond motifs is 2. The quantitative estimate of drug-likeness (QED) is 0.889. The number of carbonyl (C=O) groups excluding carboxylic acids is 1. The van der Waals surface area contributed by atoms with Crippen molar-refractivity contribution in [2.45, 2.75) is 18.9 Å². The molecule has 0 fully saturated rings. The first-order valence-electron chi connectivity index (χ1n) is 7.21. The van der Waals surface area contributed by atoms with Gasteiger partial charge >= 0.3 is 0 Å². The van der Waals surface area contributed by atoms with E-state index in [-0.39, 0.29) is 11.9 Å². The largest absolute Gasteiger partial charge is 0.493 e. The fourth-order valence-electron chi connectivity index (χ4n) is 2.95. The number of hydrogen-bond acceptors (Lipinski definition) is 3. The van der Waals surface area contributed by atoms with Crippen LogP contribution < -0.4 is 15.4 Å². The van der Waals surface area contributed by atoms with E-state index in [2.05, 4.69) is 16.7 Å². The summed E-state index contributed by atoms with van der Waals surface area (Å²) in [6.07, 6.45) is 1.64. The van der Waals surface area contributed by atoms with E-state index in [0.29, 0.717) is 0 Å². The van der Waals surface area contributed by atoms with Crippen molar-refractivity contribution < 1.29 is 9.53 Å². The molecule has 2 aromatic carbocycles. The summed E-state index contributed by atoms with van der Waals surface area (Å²) in [4.78, 5) is 12.4. The summed E-state index contributed by atoms with van der Waals surface area (Å²) in [6, 6.07) is 13.7. The summed E-state index contributed by atoms with van der Waals surface area (Å²) in [7, 11) is 0. The Kier molecular flexibility index (Phi) is 2.81. The minimum absolute atomic E-state index is 0.00469. The third-order valence-electron chi connectivity index (χ3n) is 4.04. The molecule has 4 rings (SSSR count).